The lowest BCUT2D eigenvalue weighted by molar-refractivity contribution is 0.0953. The van der Waals surface area contributed by atoms with E-state index >= 15 is 0 Å². The topological polar surface area (TPSA) is 94.2 Å². The maximum Gasteiger partial charge on any atom is 0.263 e. The van der Waals surface area contributed by atoms with Crippen molar-refractivity contribution in [2.24, 2.45) is 5.73 Å². The molecule has 114 valence electrons. The number of amides is 2. The lowest BCUT2D eigenvalue weighted by atomic mass is 10.1. The molecule has 3 N–H and O–H groups in total. The maximum absolute atomic E-state index is 12.4. The van der Waals surface area contributed by atoms with E-state index in [0.29, 0.717) is 6.54 Å². The van der Waals surface area contributed by atoms with E-state index in [0.717, 1.165) is 5.56 Å². The number of pyridine rings is 1. The van der Waals surface area contributed by atoms with Crippen molar-refractivity contribution in [2.45, 2.75) is 13.5 Å². The molecular formula is C16H17N3O3. The van der Waals surface area contributed by atoms with Gasteiger partial charge in [-0.15, -0.1) is 0 Å². The molecule has 2 aromatic rings. The van der Waals surface area contributed by atoms with Gasteiger partial charge in [-0.05, 0) is 18.6 Å². The van der Waals surface area contributed by atoms with Crippen LogP contribution in [0.15, 0.2) is 47.4 Å². The predicted octanol–water partition coefficient (Wildman–Crippen LogP) is 0.745. The molecule has 2 rings (SSSR count). The molecule has 6 heteroatoms. The van der Waals surface area contributed by atoms with Gasteiger partial charge in [-0.1, -0.05) is 30.3 Å². The SMILES string of the molecule is CCNC(=O)c1cc(C(N)=O)cn(Cc2ccccc2)c1=O. The number of nitrogens with two attached hydrogens (primary N) is 1. The van der Waals surface area contributed by atoms with Crippen LogP contribution in [-0.4, -0.2) is 22.9 Å². The first-order valence-corrected chi connectivity index (χ1v) is 6.89. The molecule has 0 aliphatic heterocycles. The number of carbonyl (C=O) groups excluding carboxylic acids is 2. The highest BCUT2D eigenvalue weighted by Crippen LogP contribution is 2.05. The summed E-state index contributed by atoms with van der Waals surface area (Å²) in [6.45, 7) is 2.39. The average Bonchev–Trinajstić information content (AvgIpc) is 2.50. The van der Waals surface area contributed by atoms with E-state index in [1.165, 1.54) is 16.8 Å². The molecule has 0 spiro atoms. The summed E-state index contributed by atoms with van der Waals surface area (Å²) in [6, 6.07) is 10.5. The summed E-state index contributed by atoms with van der Waals surface area (Å²) in [6.07, 6.45) is 1.38. The zero-order chi connectivity index (χ0) is 16.1. The fourth-order valence-electron chi connectivity index (χ4n) is 2.09. The van der Waals surface area contributed by atoms with E-state index in [-0.39, 0.29) is 17.7 Å². The lowest BCUT2D eigenvalue weighted by Crippen LogP contribution is -2.34. The number of nitrogens with one attached hydrogen (secondary N) is 1. The Morgan fingerprint density at radius 3 is 2.50 bits per heavy atom. The lowest BCUT2D eigenvalue weighted by Gasteiger charge is -2.10. The monoisotopic (exact) mass is 299 g/mol. The van der Waals surface area contributed by atoms with E-state index in [4.69, 9.17) is 5.73 Å². The minimum absolute atomic E-state index is 0.0888. The van der Waals surface area contributed by atoms with E-state index in [2.05, 4.69) is 5.32 Å². The molecular weight excluding hydrogens is 282 g/mol. The van der Waals surface area contributed by atoms with Crippen LogP contribution < -0.4 is 16.6 Å². The van der Waals surface area contributed by atoms with Gasteiger partial charge in [0.15, 0.2) is 0 Å². The second-order valence-electron chi connectivity index (χ2n) is 4.78. The van der Waals surface area contributed by atoms with Gasteiger partial charge < -0.3 is 15.6 Å². The quantitative estimate of drug-likeness (QED) is 0.852. The number of hydrogen-bond donors (Lipinski definition) is 2. The van der Waals surface area contributed by atoms with Gasteiger partial charge >= 0.3 is 0 Å². The van der Waals surface area contributed by atoms with Crippen LogP contribution in [-0.2, 0) is 6.54 Å². The number of primary amides is 1. The highest BCUT2D eigenvalue weighted by atomic mass is 16.2. The molecule has 0 aliphatic rings. The van der Waals surface area contributed by atoms with Crippen LogP contribution in [0.3, 0.4) is 0 Å². The third kappa shape index (κ3) is 3.41. The van der Waals surface area contributed by atoms with Crippen LogP contribution in [0.5, 0.6) is 0 Å². The highest BCUT2D eigenvalue weighted by Gasteiger charge is 2.16. The summed E-state index contributed by atoms with van der Waals surface area (Å²) in [5.41, 5.74) is 5.74. The summed E-state index contributed by atoms with van der Waals surface area (Å²) in [5.74, 6) is -1.20. The number of aromatic nitrogens is 1. The first-order chi connectivity index (χ1) is 10.5. The molecule has 0 saturated carbocycles. The second-order valence-corrected chi connectivity index (χ2v) is 4.78. The van der Waals surface area contributed by atoms with Gasteiger partial charge in [0.1, 0.15) is 5.56 Å². The fourth-order valence-corrected chi connectivity index (χ4v) is 2.09. The molecule has 1 aromatic heterocycles. The van der Waals surface area contributed by atoms with Crippen LogP contribution in [0.1, 0.15) is 33.2 Å². The van der Waals surface area contributed by atoms with Gasteiger partial charge in [0.05, 0.1) is 12.1 Å². The van der Waals surface area contributed by atoms with Gasteiger partial charge in [0, 0.05) is 12.7 Å². The molecule has 0 atom stereocenters. The maximum atomic E-state index is 12.4. The van der Waals surface area contributed by atoms with Crippen molar-refractivity contribution in [1.82, 2.24) is 9.88 Å². The number of nitrogens with zero attached hydrogens (tertiary/aromatic N) is 1. The molecule has 22 heavy (non-hydrogen) atoms. The molecule has 0 aliphatic carbocycles. The Labute approximate surface area is 127 Å². The van der Waals surface area contributed by atoms with Crippen LogP contribution in [0.4, 0.5) is 0 Å². The van der Waals surface area contributed by atoms with Crippen LogP contribution in [0, 0.1) is 0 Å². The van der Waals surface area contributed by atoms with E-state index in [1.807, 2.05) is 30.3 Å². The largest absolute Gasteiger partial charge is 0.366 e. The van der Waals surface area contributed by atoms with Crippen LogP contribution in [0.25, 0.3) is 0 Å². The zero-order valence-corrected chi connectivity index (χ0v) is 12.2. The minimum Gasteiger partial charge on any atom is -0.366 e. The molecule has 0 unspecified atom stereocenters. The van der Waals surface area contributed by atoms with E-state index in [1.54, 1.807) is 6.92 Å². The van der Waals surface area contributed by atoms with Crippen molar-refractivity contribution in [3.8, 4) is 0 Å². The summed E-state index contributed by atoms with van der Waals surface area (Å²) < 4.78 is 1.32. The van der Waals surface area contributed by atoms with Crippen molar-refractivity contribution >= 4 is 11.8 Å². The minimum atomic E-state index is -0.688. The molecule has 6 nitrogen and oxygen atoms in total. The van der Waals surface area contributed by atoms with Gasteiger partial charge in [0.25, 0.3) is 11.5 Å². The van der Waals surface area contributed by atoms with Gasteiger partial charge in [0.2, 0.25) is 5.91 Å². The van der Waals surface area contributed by atoms with Crippen molar-refractivity contribution in [3.63, 3.8) is 0 Å². The third-order valence-electron chi connectivity index (χ3n) is 3.15. The number of rotatable bonds is 5. The van der Waals surface area contributed by atoms with Gasteiger partial charge in [-0.2, -0.15) is 0 Å². The molecule has 2 amide bonds. The van der Waals surface area contributed by atoms with Crippen molar-refractivity contribution in [1.29, 1.82) is 0 Å². The van der Waals surface area contributed by atoms with Crippen molar-refractivity contribution in [3.05, 3.63) is 69.6 Å². The molecule has 0 bridgehead atoms. The average molecular weight is 299 g/mol. The first kappa shape index (κ1) is 15.5. The summed E-state index contributed by atoms with van der Waals surface area (Å²) in [4.78, 5) is 35.8. The van der Waals surface area contributed by atoms with Crippen LogP contribution in [0.2, 0.25) is 0 Å². The van der Waals surface area contributed by atoms with Crippen molar-refractivity contribution in [2.75, 3.05) is 6.54 Å². The Morgan fingerprint density at radius 1 is 1.23 bits per heavy atom. The molecule has 0 radical (unpaired) electrons. The Kier molecular flexibility index (Phi) is 4.73. The summed E-state index contributed by atoms with van der Waals surface area (Å²) in [7, 11) is 0. The Morgan fingerprint density at radius 2 is 1.91 bits per heavy atom. The van der Waals surface area contributed by atoms with Crippen LogP contribution >= 0.6 is 0 Å². The fraction of sp³-hybridized carbons (Fsp3) is 0.188. The molecule has 0 fully saturated rings. The standard InChI is InChI=1S/C16H17N3O3/c1-2-18-15(21)13-8-12(14(17)20)10-19(16(13)22)9-11-6-4-3-5-7-11/h3-8,10H,2,9H2,1H3,(H2,17,20)(H,18,21). The Hall–Kier alpha value is -2.89. The zero-order valence-electron chi connectivity index (χ0n) is 12.2. The molecule has 1 heterocycles. The second kappa shape index (κ2) is 6.71. The highest BCUT2D eigenvalue weighted by molar-refractivity contribution is 5.98. The number of carbonyl (C=O) groups is 2. The van der Waals surface area contributed by atoms with Gasteiger partial charge in [-0.25, -0.2) is 0 Å². The van der Waals surface area contributed by atoms with E-state index in [9.17, 15) is 14.4 Å². The van der Waals surface area contributed by atoms with Crippen molar-refractivity contribution < 1.29 is 9.59 Å². The Bertz CT molecular complexity index is 751. The number of benzene rings is 1. The molecule has 1 aromatic carbocycles. The third-order valence-corrected chi connectivity index (χ3v) is 3.15. The Balaban J connectivity index is 2.50. The first-order valence-electron chi connectivity index (χ1n) is 6.89. The molecule has 0 saturated heterocycles. The smallest absolute Gasteiger partial charge is 0.263 e. The normalized spacial score (nSPS) is 10.2. The summed E-state index contributed by atoms with van der Waals surface area (Å²) in [5, 5.41) is 2.56. The predicted molar refractivity (Wildman–Crippen MR) is 82.8 cm³/mol. The number of hydrogen-bond acceptors (Lipinski definition) is 3. The summed E-state index contributed by atoms with van der Waals surface area (Å²) >= 11 is 0. The van der Waals surface area contributed by atoms with E-state index < -0.39 is 17.4 Å². The van der Waals surface area contributed by atoms with Gasteiger partial charge in [-0.3, -0.25) is 14.4 Å².